The van der Waals surface area contributed by atoms with Gasteiger partial charge in [-0.2, -0.15) is 0 Å². The second-order valence-electron chi connectivity index (χ2n) is 7.75. The number of hydrogen-bond acceptors (Lipinski definition) is 6. The van der Waals surface area contributed by atoms with Crippen LogP contribution in [0.1, 0.15) is 47.4 Å². The number of amides is 4. The molecule has 160 valence electrons. The molecule has 4 amide bonds. The van der Waals surface area contributed by atoms with E-state index in [1.165, 1.54) is 4.90 Å². The van der Waals surface area contributed by atoms with Crippen molar-refractivity contribution < 1.29 is 32.3 Å². The Bertz CT molecular complexity index is 989. The Morgan fingerprint density at radius 3 is 2.00 bits per heavy atom. The number of nitrogens with zero attached hydrogens (tertiary/aromatic N) is 2. The number of carbonyl (C=O) groups is 4. The van der Waals surface area contributed by atoms with E-state index in [0.29, 0.717) is 18.0 Å². The van der Waals surface area contributed by atoms with E-state index in [2.05, 4.69) is 5.32 Å². The number of fused-ring (bicyclic) bond motifs is 1. The second-order valence-corrected chi connectivity index (χ2v) is 7.75. The van der Waals surface area contributed by atoms with Crippen molar-refractivity contribution in [1.82, 2.24) is 15.5 Å². The molecule has 2 saturated heterocycles. The maximum atomic E-state index is 15.4. The van der Waals surface area contributed by atoms with E-state index < -0.39 is 76.0 Å². The molecule has 0 saturated carbocycles. The maximum Gasteiger partial charge on any atom is 0.265 e. The third kappa shape index (κ3) is 2.79. The summed E-state index contributed by atoms with van der Waals surface area (Å²) in [6.45, 7) is 4.15. The van der Waals surface area contributed by atoms with Crippen LogP contribution in [0.2, 0.25) is 0 Å². The molecule has 3 aliphatic rings. The van der Waals surface area contributed by atoms with Gasteiger partial charge in [-0.05, 0) is 20.3 Å². The highest BCUT2D eigenvalue weighted by atomic mass is 19.2. The normalized spacial score (nSPS) is 26.9. The van der Waals surface area contributed by atoms with Crippen molar-refractivity contribution in [2.24, 2.45) is 0 Å². The van der Waals surface area contributed by atoms with Crippen LogP contribution in [0.3, 0.4) is 0 Å². The van der Waals surface area contributed by atoms with Crippen LogP contribution >= 0.6 is 0 Å². The summed E-state index contributed by atoms with van der Waals surface area (Å²) >= 11 is 0. The third-order valence-electron chi connectivity index (χ3n) is 5.77. The van der Waals surface area contributed by atoms with Gasteiger partial charge in [-0.1, -0.05) is 0 Å². The average molecular weight is 424 g/mol. The molecular formula is C19H19F3N4O4. The van der Waals surface area contributed by atoms with E-state index in [1.807, 2.05) is 5.32 Å². The number of imide groups is 2. The number of carbonyl (C=O) groups excluding carboxylic acids is 4. The first-order valence-corrected chi connectivity index (χ1v) is 9.56. The molecule has 11 heteroatoms. The fourth-order valence-corrected chi connectivity index (χ4v) is 4.39. The molecule has 0 aliphatic carbocycles. The lowest BCUT2D eigenvalue weighted by molar-refractivity contribution is -0.136. The Balaban J connectivity index is 1.83. The first-order chi connectivity index (χ1) is 14.1. The van der Waals surface area contributed by atoms with Gasteiger partial charge in [-0.15, -0.1) is 0 Å². The van der Waals surface area contributed by atoms with E-state index in [4.69, 9.17) is 0 Å². The molecule has 30 heavy (non-hydrogen) atoms. The summed E-state index contributed by atoms with van der Waals surface area (Å²) in [7, 11) is 0. The third-order valence-corrected chi connectivity index (χ3v) is 5.77. The van der Waals surface area contributed by atoms with Crippen LogP contribution in [-0.2, 0) is 9.59 Å². The van der Waals surface area contributed by atoms with E-state index in [0.717, 1.165) is 0 Å². The summed E-state index contributed by atoms with van der Waals surface area (Å²) in [5, 5.41) is 5.07. The van der Waals surface area contributed by atoms with Gasteiger partial charge < -0.3 is 10.2 Å². The van der Waals surface area contributed by atoms with E-state index in [-0.39, 0.29) is 12.8 Å². The molecule has 3 unspecified atom stereocenters. The van der Waals surface area contributed by atoms with Crippen LogP contribution in [-0.4, -0.2) is 59.7 Å². The van der Waals surface area contributed by atoms with Crippen molar-refractivity contribution in [2.75, 3.05) is 18.0 Å². The molecule has 3 aliphatic heterocycles. The smallest absolute Gasteiger partial charge is 0.265 e. The minimum atomic E-state index is -1.63. The predicted octanol–water partition coefficient (Wildman–Crippen LogP) is 0.692. The number of halogens is 3. The van der Waals surface area contributed by atoms with Crippen LogP contribution in [0, 0.1) is 17.5 Å². The standard InChI is InChI=1S/C19H19F3N4O4/c1-7-5-23-6-8(2)25(7)16-14(21)12-11(13(20)15(16)22)18(29)26(19(12)30)9-3-4-10(27)24-17(9)28/h7-9,23H,3-6H2,1-2H3,(H,24,27,28). The zero-order valence-corrected chi connectivity index (χ0v) is 16.2. The van der Waals surface area contributed by atoms with Crippen LogP contribution in [0.5, 0.6) is 0 Å². The summed E-state index contributed by atoms with van der Waals surface area (Å²) in [5.41, 5.74) is -2.63. The number of hydrogen-bond donors (Lipinski definition) is 2. The summed E-state index contributed by atoms with van der Waals surface area (Å²) in [5.74, 6) is -8.56. The number of benzene rings is 1. The second kappa shape index (κ2) is 7.08. The lowest BCUT2D eigenvalue weighted by Crippen LogP contribution is -2.56. The molecule has 0 radical (unpaired) electrons. The molecule has 4 rings (SSSR count). The molecule has 8 nitrogen and oxygen atoms in total. The minimum absolute atomic E-state index is 0.149. The molecule has 0 spiro atoms. The lowest BCUT2D eigenvalue weighted by Gasteiger charge is -2.41. The molecular weight excluding hydrogens is 405 g/mol. The van der Waals surface area contributed by atoms with Gasteiger partial charge in [0.2, 0.25) is 11.8 Å². The van der Waals surface area contributed by atoms with Crippen molar-refractivity contribution in [3.63, 3.8) is 0 Å². The first-order valence-electron chi connectivity index (χ1n) is 9.56. The van der Waals surface area contributed by atoms with Gasteiger partial charge in [0.05, 0.1) is 11.1 Å². The van der Waals surface area contributed by atoms with Gasteiger partial charge in [0.25, 0.3) is 11.8 Å². The molecule has 2 N–H and O–H groups in total. The Hall–Kier alpha value is -2.95. The highest BCUT2D eigenvalue weighted by Crippen LogP contribution is 2.39. The summed E-state index contributed by atoms with van der Waals surface area (Å²) in [4.78, 5) is 50.8. The first kappa shape index (κ1) is 20.3. The van der Waals surface area contributed by atoms with Crippen molar-refractivity contribution in [2.45, 2.75) is 44.8 Å². The predicted molar refractivity (Wildman–Crippen MR) is 97.3 cm³/mol. The van der Waals surface area contributed by atoms with Gasteiger partial charge in [-0.3, -0.25) is 29.4 Å². The molecule has 1 aromatic rings. The Labute approximate surface area is 169 Å². The number of rotatable bonds is 2. The summed E-state index contributed by atoms with van der Waals surface area (Å²) in [6.07, 6.45) is -0.329. The van der Waals surface area contributed by atoms with E-state index in [1.54, 1.807) is 13.8 Å². The molecule has 3 atom stereocenters. The molecule has 0 bridgehead atoms. The van der Waals surface area contributed by atoms with Gasteiger partial charge in [0, 0.05) is 31.6 Å². The zero-order valence-electron chi connectivity index (χ0n) is 16.2. The van der Waals surface area contributed by atoms with Crippen molar-refractivity contribution in [3.05, 3.63) is 28.6 Å². The highest BCUT2D eigenvalue weighted by molar-refractivity contribution is 6.24. The quantitative estimate of drug-likeness (QED) is 0.536. The fraction of sp³-hybridized carbons (Fsp3) is 0.474. The summed E-state index contributed by atoms with van der Waals surface area (Å²) in [6, 6.07) is -2.22. The van der Waals surface area contributed by atoms with Gasteiger partial charge in [0.15, 0.2) is 17.5 Å². The number of piperidine rings is 1. The van der Waals surface area contributed by atoms with Crippen molar-refractivity contribution >= 4 is 29.3 Å². The zero-order chi connectivity index (χ0) is 21.9. The SMILES string of the molecule is CC1CNCC(C)N1c1c(F)c(F)c2c(c1F)C(=O)N(C1CCC(=O)NC1=O)C2=O. The fourth-order valence-electron chi connectivity index (χ4n) is 4.39. The Morgan fingerprint density at radius 1 is 0.867 bits per heavy atom. The van der Waals surface area contributed by atoms with Gasteiger partial charge in [-0.25, -0.2) is 13.2 Å². The van der Waals surface area contributed by atoms with E-state index >= 15 is 4.39 Å². The largest absolute Gasteiger partial charge is 0.359 e. The summed E-state index contributed by atoms with van der Waals surface area (Å²) < 4.78 is 45.3. The van der Waals surface area contributed by atoms with E-state index in [9.17, 15) is 28.0 Å². The van der Waals surface area contributed by atoms with Crippen molar-refractivity contribution in [3.8, 4) is 0 Å². The van der Waals surface area contributed by atoms with Crippen LogP contribution in [0.4, 0.5) is 18.9 Å². The van der Waals surface area contributed by atoms with Crippen LogP contribution < -0.4 is 15.5 Å². The van der Waals surface area contributed by atoms with Gasteiger partial charge >= 0.3 is 0 Å². The van der Waals surface area contributed by atoms with Crippen molar-refractivity contribution in [1.29, 1.82) is 0 Å². The lowest BCUT2D eigenvalue weighted by atomic mass is 10.0. The topological polar surface area (TPSA) is 98.8 Å². The highest BCUT2D eigenvalue weighted by Gasteiger charge is 2.50. The number of anilines is 1. The van der Waals surface area contributed by atoms with Crippen LogP contribution in [0.25, 0.3) is 0 Å². The molecule has 0 aromatic heterocycles. The molecule has 3 heterocycles. The monoisotopic (exact) mass is 424 g/mol. The van der Waals surface area contributed by atoms with Crippen LogP contribution in [0.15, 0.2) is 0 Å². The Morgan fingerprint density at radius 2 is 1.43 bits per heavy atom. The number of nitrogens with one attached hydrogen (secondary N) is 2. The Kier molecular flexibility index (Phi) is 4.80. The van der Waals surface area contributed by atoms with Gasteiger partial charge in [0.1, 0.15) is 11.7 Å². The number of piperazine rings is 1. The maximum absolute atomic E-state index is 15.4. The minimum Gasteiger partial charge on any atom is -0.359 e. The molecule has 2 fully saturated rings. The average Bonchev–Trinajstić information content (AvgIpc) is 2.93. The molecule has 1 aromatic carbocycles.